The fraction of sp³-hybridized carbons (Fsp3) is 0.250. The monoisotopic (exact) mass is 331 g/mol. The average molecular weight is 331 g/mol. The van der Waals surface area contributed by atoms with Crippen LogP contribution in [0.3, 0.4) is 0 Å². The largest absolute Gasteiger partial charge is 0.435 e. The minimum Gasteiger partial charge on any atom is -0.321 e. The van der Waals surface area contributed by atoms with E-state index in [0.717, 1.165) is 16.6 Å². The molecule has 0 radical (unpaired) electrons. The molecule has 1 amide bonds. The van der Waals surface area contributed by atoms with Gasteiger partial charge in [-0.2, -0.15) is 18.3 Å². The molecule has 0 fully saturated rings. The molecule has 0 spiro atoms. The Morgan fingerprint density at radius 1 is 1.45 bits per heavy atom. The molecule has 22 heavy (non-hydrogen) atoms. The van der Waals surface area contributed by atoms with Crippen molar-refractivity contribution < 1.29 is 18.0 Å². The Hall–Kier alpha value is -2.07. The van der Waals surface area contributed by atoms with Crippen LogP contribution < -0.4 is 10.5 Å². The third-order valence-electron chi connectivity index (χ3n) is 2.88. The lowest BCUT2D eigenvalue weighted by molar-refractivity contribution is -0.141. The van der Waals surface area contributed by atoms with E-state index in [1.54, 1.807) is 0 Å². The van der Waals surface area contributed by atoms with E-state index in [0.29, 0.717) is 10.7 Å². The second-order valence-electron chi connectivity index (χ2n) is 4.40. The molecule has 10 heteroatoms. The molecule has 3 N–H and O–H groups in total. The predicted octanol–water partition coefficient (Wildman–Crippen LogP) is 2.36. The van der Waals surface area contributed by atoms with E-state index in [-0.39, 0.29) is 11.3 Å². The number of aromatic nitrogens is 3. The van der Waals surface area contributed by atoms with Gasteiger partial charge >= 0.3 is 6.18 Å². The first kappa shape index (κ1) is 16.3. The molecule has 0 saturated heterocycles. The fourth-order valence-corrected chi connectivity index (χ4v) is 2.28. The van der Waals surface area contributed by atoms with Gasteiger partial charge in [-0.25, -0.2) is 4.98 Å². The minimum atomic E-state index is -4.61. The number of rotatable bonds is 3. The number of anilines is 1. The van der Waals surface area contributed by atoms with Crippen LogP contribution in [0.4, 0.5) is 18.9 Å². The molecule has 0 aliphatic carbocycles. The summed E-state index contributed by atoms with van der Waals surface area (Å²) in [7, 11) is 1.28. The van der Waals surface area contributed by atoms with Gasteiger partial charge < -0.3 is 5.32 Å². The highest BCUT2D eigenvalue weighted by molar-refractivity contribution is 7.97. The maximum absolute atomic E-state index is 12.8. The van der Waals surface area contributed by atoms with E-state index in [2.05, 4.69) is 15.4 Å². The fourth-order valence-electron chi connectivity index (χ4n) is 1.96. The Balaban J connectivity index is 2.32. The highest BCUT2D eigenvalue weighted by atomic mass is 32.2. The zero-order chi connectivity index (χ0) is 16.5. The van der Waals surface area contributed by atoms with Crippen LogP contribution in [-0.2, 0) is 13.2 Å². The van der Waals surface area contributed by atoms with Gasteiger partial charge in [0.15, 0.2) is 5.69 Å². The van der Waals surface area contributed by atoms with E-state index in [1.807, 2.05) is 0 Å². The Morgan fingerprint density at radius 3 is 2.68 bits per heavy atom. The van der Waals surface area contributed by atoms with Crippen molar-refractivity contribution in [2.45, 2.75) is 18.1 Å². The number of hydrogen-bond acceptors (Lipinski definition) is 5. The van der Waals surface area contributed by atoms with Crippen LogP contribution in [0.25, 0.3) is 0 Å². The third kappa shape index (κ3) is 3.22. The van der Waals surface area contributed by atoms with Gasteiger partial charge in [-0.15, -0.1) is 0 Å². The molecule has 2 rings (SSSR count). The van der Waals surface area contributed by atoms with Crippen LogP contribution in [0.2, 0.25) is 0 Å². The second kappa shape index (κ2) is 5.97. The molecule has 0 saturated carbocycles. The van der Waals surface area contributed by atoms with E-state index < -0.39 is 17.8 Å². The van der Waals surface area contributed by atoms with Gasteiger partial charge in [-0.1, -0.05) is 0 Å². The topological polar surface area (TPSA) is 85.8 Å². The summed E-state index contributed by atoms with van der Waals surface area (Å²) in [6, 6.07) is 3.02. The lowest BCUT2D eigenvalue weighted by atomic mass is 10.2. The first-order valence-corrected chi connectivity index (χ1v) is 6.87. The Bertz CT molecular complexity index is 713. The smallest absolute Gasteiger partial charge is 0.321 e. The molecule has 0 aliphatic heterocycles. The van der Waals surface area contributed by atoms with Crippen molar-refractivity contribution in [3.8, 4) is 0 Å². The maximum Gasteiger partial charge on any atom is 0.435 e. The summed E-state index contributed by atoms with van der Waals surface area (Å²) < 4.78 is 39.3. The van der Waals surface area contributed by atoms with Crippen molar-refractivity contribution >= 4 is 23.5 Å². The standard InChI is InChI=1S/C12H12F3N5OS/c1-6-9(20(2)19-10(6)12(13,14)15)11(21)18-7-3-4-17-8(5-7)22-16/h3-5H,16H2,1-2H3,(H,17,18,21). The molecule has 0 aromatic carbocycles. The quantitative estimate of drug-likeness (QED) is 0.843. The Kier molecular flexibility index (Phi) is 4.42. The summed E-state index contributed by atoms with van der Waals surface area (Å²) in [4.78, 5) is 16.1. The Labute approximate surface area is 128 Å². The number of nitrogens with one attached hydrogen (secondary N) is 1. The number of nitrogens with two attached hydrogens (primary N) is 1. The molecule has 6 nitrogen and oxygen atoms in total. The molecule has 118 valence electrons. The summed E-state index contributed by atoms with van der Waals surface area (Å²) in [6.07, 6.45) is -3.18. The highest BCUT2D eigenvalue weighted by Crippen LogP contribution is 2.32. The van der Waals surface area contributed by atoms with Gasteiger partial charge in [-0.3, -0.25) is 14.6 Å². The van der Waals surface area contributed by atoms with Crippen molar-refractivity contribution in [1.82, 2.24) is 14.8 Å². The van der Waals surface area contributed by atoms with Gasteiger partial charge in [0.25, 0.3) is 5.91 Å². The number of carbonyl (C=O) groups is 1. The number of pyridine rings is 1. The lowest BCUT2D eigenvalue weighted by Crippen LogP contribution is -2.17. The van der Waals surface area contributed by atoms with Gasteiger partial charge in [0, 0.05) is 24.5 Å². The predicted molar refractivity (Wildman–Crippen MR) is 75.2 cm³/mol. The van der Waals surface area contributed by atoms with E-state index in [1.165, 1.54) is 32.3 Å². The van der Waals surface area contributed by atoms with Gasteiger partial charge in [0.1, 0.15) is 10.7 Å². The molecule has 0 aliphatic rings. The van der Waals surface area contributed by atoms with Crippen molar-refractivity contribution in [2.75, 3.05) is 5.32 Å². The molecule has 2 heterocycles. The number of carbonyl (C=O) groups excluding carboxylic acids is 1. The van der Waals surface area contributed by atoms with Crippen molar-refractivity contribution in [1.29, 1.82) is 0 Å². The summed E-state index contributed by atoms with van der Waals surface area (Å²) in [5.74, 6) is -0.692. The molecule has 0 bridgehead atoms. The number of aryl methyl sites for hydroxylation is 1. The van der Waals surface area contributed by atoms with E-state index >= 15 is 0 Å². The van der Waals surface area contributed by atoms with Crippen LogP contribution in [0.15, 0.2) is 23.4 Å². The van der Waals surface area contributed by atoms with Crippen LogP contribution in [-0.4, -0.2) is 20.7 Å². The molecule has 0 atom stereocenters. The van der Waals surface area contributed by atoms with Crippen LogP contribution >= 0.6 is 11.9 Å². The summed E-state index contributed by atoms with van der Waals surface area (Å²) >= 11 is 0.891. The van der Waals surface area contributed by atoms with Crippen LogP contribution in [0.5, 0.6) is 0 Å². The van der Waals surface area contributed by atoms with Crippen LogP contribution in [0, 0.1) is 6.92 Å². The molecule has 2 aromatic heterocycles. The first-order chi connectivity index (χ1) is 10.2. The zero-order valence-electron chi connectivity index (χ0n) is 11.6. The van der Waals surface area contributed by atoms with Crippen molar-refractivity contribution in [3.63, 3.8) is 0 Å². The summed E-state index contributed by atoms with van der Waals surface area (Å²) in [6.45, 7) is 1.21. The average Bonchev–Trinajstić information content (AvgIpc) is 2.74. The number of alkyl halides is 3. The maximum atomic E-state index is 12.8. The zero-order valence-corrected chi connectivity index (χ0v) is 12.4. The van der Waals surface area contributed by atoms with E-state index in [9.17, 15) is 18.0 Å². The highest BCUT2D eigenvalue weighted by Gasteiger charge is 2.38. The number of hydrogen-bond donors (Lipinski definition) is 2. The Morgan fingerprint density at radius 2 is 2.14 bits per heavy atom. The lowest BCUT2D eigenvalue weighted by Gasteiger charge is -2.07. The molecular formula is C12H12F3N5OS. The normalized spacial score (nSPS) is 11.5. The van der Waals surface area contributed by atoms with Gasteiger partial charge in [0.05, 0.1) is 0 Å². The summed E-state index contributed by atoms with van der Waals surface area (Å²) in [5, 5.41) is 11.7. The van der Waals surface area contributed by atoms with Gasteiger partial charge in [-0.05, 0) is 31.0 Å². The van der Waals surface area contributed by atoms with E-state index in [4.69, 9.17) is 5.14 Å². The number of amides is 1. The third-order valence-corrected chi connectivity index (χ3v) is 3.35. The SMILES string of the molecule is Cc1c(C(F)(F)F)nn(C)c1C(=O)Nc1ccnc(SN)c1. The second-order valence-corrected chi connectivity index (χ2v) is 5.05. The number of halogens is 3. The van der Waals surface area contributed by atoms with Crippen molar-refractivity contribution in [3.05, 3.63) is 35.3 Å². The molecule has 2 aromatic rings. The summed E-state index contributed by atoms with van der Waals surface area (Å²) in [5.41, 5.74) is -1.09. The van der Waals surface area contributed by atoms with Crippen molar-refractivity contribution in [2.24, 2.45) is 12.2 Å². The van der Waals surface area contributed by atoms with Crippen LogP contribution in [0.1, 0.15) is 21.7 Å². The first-order valence-electron chi connectivity index (χ1n) is 5.99. The number of nitrogens with zero attached hydrogens (tertiary/aromatic N) is 3. The molecular weight excluding hydrogens is 319 g/mol. The molecule has 0 unspecified atom stereocenters. The van der Waals surface area contributed by atoms with Gasteiger partial charge in [0.2, 0.25) is 0 Å². The minimum absolute atomic E-state index is 0.161.